The van der Waals surface area contributed by atoms with Crippen molar-refractivity contribution in [2.75, 3.05) is 6.26 Å². The average molecular weight is 313 g/mol. The molecular formula is C18H19NO2S. The van der Waals surface area contributed by atoms with Crippen LogP contribution in [0.25, 0.3) is 0 Å². The quantitative estimate of drug-likeness (QED) is 0.833. The minimum absolute atomic E-state index is 0.542. The van der Waals surface area contributed by atoms with Crippen molar-refractivity contribution in [3.8, 4) is 0 Å². The lowest BCUT2D eigenvalue weighted by Crippen LogP contribution is -2.52. The van der Waals surface area contributed by atoms with E-state index in [1.54, 1.807) is 11.8 Å². The number of thioether (sulfide) groups is 1. The van der Waals surface area contributed by atoms with E-state index >= 15 is 0 Å². The molecule has 0 bridgehead atoms. The topological polar surface area (TPSA) is 49.3 Å². The van der Waals surface area contributed by atoms with Crippen LogP contribution in [0.1, 0.15) is 16.7 Å². The highest BCUT2D eigenvalue weighted by molar-refractivity contribution is 7.98. The molecular weight excluding hydrogens is 294 g/mol. The highest BCUT2D eigenvalue weighted by Gasteiger charge is 2.43. The van der Waals surface area contributed by atoms with Crippen LogP contribution in [0.15, 0.2) is 53.4 Å². The molecule has 1 aliphatic carbocycles. The molecule has 0 radical (unpaired) electrons. The summed E-state index contributed by atoms with van der Waals surface area (Å²) < 4.78 is 0. The van der Waals surface area contributed by atoms with E-state index < -0.39 is 11.5 Å². The molecule has 3 rings (SSSR count). The molecule has 0 saturated heterocycles. The Labute approximate surface area is 134 Å². The summed E-state index contributed by atoms with van der Waals surface area (Å²) >= 11 is 1.69. The molecule has 114 valence electrons. The zero-order chi connectivity index (χ0) is 15.6. The molecule has 1 aliphatic rings. The van der Waals surface area contributed by atoms with Gasteiger partial charge in [0.1, 0.15) is 5.54 Å². The molecule has 0 unspecified atom stereocenters. The van der Waals surface area contributed by atoms with Crippen LogP contribution in [0.2, 0.25) is 0 Å². The standard InChI is InChI=1S/C18H19NO2S/c1-22-16-9-5-4-8-15(16)12-19-18(17(20)21)10-13-6-2-3-7-14(13)11-18/h2-9,19H,10-12H2,1H3,(H,20,21). The van der Waals surface area contributed by atoms with Crippen LogP contribution < -0.4 is 5.32 Å². The highest BCUT2D eigenvalue weighted by Crippen LogP contribution is 2.31. The molecule has 4 heteroatoms. The van der Waals surface area contributed by atoms with Gasteiger partial charge in [-0.2, -0.15) is 0 Å². The van der Waals surface area contributed by atoms with E-state index in [9.17, 15) is 9.90 Å². The number of benzene rings is 2. The largest absolute Gasteiger partial charge is 0.480 e. The maximum absolute atomic E-state index is 11.9. The number of carboxylic acids is 1. The van der Waals surface area contributed by atoms with Crippen molar-refractivity contribution in [3.05, 3.63) is 65.2 Å². The molecule has 22 heavy (non-hydrogen) atoms. The fourth-order valence-corrected chi connectivity index (χ4v) is 3.70. The summed E-state index contributed by atoms with van der Waals surface area (Å²) in [6, 6.07) is 16.1. The number of aliphatic carboxylic acids is 1. The van der Waals surface area contributed by atoms with Gasteiger partial charge in [0.05, 0.1) is 0 Å². The molecule has 2 N–H and O–H groups in total. The second-order valence-electron chi connectivity index (χ2n) is 5.67. The third kappa shape index (κ3) is 2.76. The van der Waals surface area contributed by atoms with Crippen LogP contribution in [0, 0.1) is 0 Å². The van der Waals surface area contributed by atoms with E-state index in [1.165, 1.54) is 4.90 Å². The van der Waals surface area contributed by atoms with Crippen LogP contribution in [0.4, 0.5) is 0 Å². The Balaban J connectivity index is 1.81. The predicted octanol–water partition coefficient (Wildman–Crippen LogP) is 3.12. The Morgan fingerprint density at radius 2 is 1.73 bits per heavy atom. The normalized spacial score (nSPS) is 15.5. The molecule has 2 aromatic rings. The summed E-state index contributed by atoms with van der Waals surface area (Å²) in [5.74, 6) is -0.773. The molecule has 2 aromatic carbocycles. The molecule has 0 heterocycles. The van der Waals surface area contributed by atoms with E-state index in [2.05, 4.69) is 17.4 Å². The van der Waals surface area contributed by atoms with Gasteiger partial charge in [-0.15, -0.1) is 11.8 Å². The Hall–Kier alpha value is -1.78. The van der Waals surface area contributed by atoms with E-state index in [0.717, 1.165) is 16.7 Å². The lowest BCUT2D eigenvalue weighted by Gasteiger charge is -2.26. The van der Waals surface area contributed by atoms with Crippen molar-refractivity contribution in [1.82, 2.24) is 5.32 Å². The van der Waals surface area contributed by atoms with Crippen LogP contribution >= 0.6 is 11.8 Å². The van der Waals surface area contributed by atoms with Gasteiger partial charge in [-0.3, -0.25) is 10.1 Å². The highest BCUT2D eigenvalue weighted by atomic mass is 32.2. The third-order valence-corrected chi connectivity index (χ3v) is 5.16. The number of hydrogen-bond acceptors (Lipinski definition) is 3. The molecule has 0 saturated carbocycles. The number of fused-ring (bicyclic) bond motifs is 1. The van der Waals surface area contributed by atoms with Crippen molar-refractivity contribution in [2.24, 2.45) is 0 Å². The van der Waals surface area contributed by atoms with Crippen molar-refractivity contribution >= 4 is 17.7 Å². The number of carbonyl (C=O) groups is 1. The van der Waals surface area contributed by atoms with E-state index in [0.29, 0.717) is 19.4 Å². The maximum Gasteiger partial charge on any atom is 0.324 e. The Kier molecular flexibility index (Phi) is 4.23. The zero-order valence-corrected chi connectivity index (χ0v) is 13.3. The molecule has 0 amide bonds. The van der Waals surface area contributed by atoms with E-state index in [4.69, 9.17) is 0 Å². The van der Waals surface area contributed by atoms with Crippen molar-refractivity contribution in [3.63, 3.8) is 0 Å². The van der Waals surface area contributed by atoms with E-state index in [1.807, 2.05) is 42.7 Å². The number of rotatable bonds is 5. The van der Waals surface area contributed by atoms with Crippen LogP contribution in [0.3, 0.4) is 0 Å². The number of hydrogen-bond donors (Lipinski definition) is 2. The van der Waals surface area contributed by atoms with Gasteiger partial charge in [-0.05, 0) is 29.0 Å². The Morgan fingerprint density at radius 1 is 1.14 bits per heavy atom. The van der Waals surface area contributed by atoms with Gasteiger partial charge >= 0.3 is 5.97 Å². The van der Waals surface area contributed by atoms with Crippen molar-refractivity contribution in [2.45, 2.75) is 29.8 Å². The monoisotopic (exact) mass is 313 g/mol. The second-order valence-corrected chi connectivity index (χ2v) is 6.52. The average Bonchev–Trinajstić information content (AvgIpc) is 2.93. The second kappa shape index (κ2) is 6.15. The first-order valence-corrected chi connectivity index (χ1v) is 8.54. The fourth-order valence-electron chi connectivity index (χ4n) is 3.08. The van der Waals surface area contributed by atoms with Gasteiger partial charge in [0.2, 0.25) is 0 Å². The zero-order valence-electron chi connectivity index (χ0n) is 12.5. The first kappa shape index (κ1) is 15.1. The Bertz CT molecular complexity index is 674. The summed E-state index contributed by atoms with van der Waals surface area (Å²) in [6.45, 7) is 0.567. The van der Waals surface area contributed by atoms with Crippen LogP contribution in [0.5, 0.6) is 0 Å². The van der Waals surface area contributed by atoms with Gasteiger partial charge < -0.3 is 5.11 Å². The summed E-state index contributed by atoms with van der Waals surface area (Å²) in [6.07, 6.45) is 3.12. The summed E-state index contributed by atoms with van der Waals surface area (Å²) in [4.78, 5) is 13.1. The van der Waals surface area contributed by atoms with Gasteiger partial charge in [0.15, 0.2) is 0 Å². The molecule has 0 aliphatic heterocycles. The first-order valence-electron chi connectivity index (χ1n) is 7.32. The third-order valence-electron chi connectivity index (χ3n) is 4.32. The van der Waals surface area contributed by atoms with Gasteiger partial charge in [-0.1, -0.05) is 42.5 Å². The lowest BCUT2D eigenvalue weighted by molar-refractivity contribution is -0.144. The van der Waals surface area contributed by atoms with Crippen molar-refractivity contribution in [1.29, 1.82) is 0 Å². The summed E-state index contributed by atoms with van der Waals surface area (Å²) in [5.41, 5.74) is 2.52. The molecule has 0 fully saturated rings. The van der Waals surface area contributed by atoms with Crippen LogP contribution in [-0.4, -0.2) is 22.9 Å². The minimum Gasteiger partial charge on any atom is -0.480 e. The van der Waals surface area contributed by atoms with Gasteiger partial charge in [0, 0.05) is 24.3 Å². The fraction of sp³-hybridized carbons (Fsp3) is 0.278. The molecule has 0 aromatic heterocycles. The smallest absolute Gasteiger partial charge is 0.324 e. The lowest BCUT2D eigenvalue weighted by atomic mass is 9.95. The number of nitrogens with one attached hydrogen (secondary N) is 1. The summed E-state index contributed by atoms with van der Waals surface area (Å²) in [5, 5.41) is 13.1. The first-order chi connectivity index (χ1) is 10.6. The minimum atomic E-state index is -0.894. The molecule has 3 nitrogen and oxygen atoms in total. The molecule has 0 atom stereocenters. The van der Waals surface area contributed by atoms with Crippen molar-refractivity contribution < 1.29 is 9.90 Å². The Morgan fingerprint density at radius 3 is 2.32 bits per heavy atom. The van der Waals surface area contributed by atoms with Gasteiger partial charge in [-0.25, -0.2) is 0 Å². The predicted molar refractivity (Wildman–Crippen MR) is 89.3 cm³/mol. The summed E-state index contributed by atoms with van der Waals surface area (Å²) in [7, 11) is 0. The van der Waals surface area contributed by atoms with Crippen LogP contribution in [-0.2, 0) is 24.2 Å². The maximum atomic E-state index is 11.9. The van der Waals surface area contributed by atoms with Gasteiger partial charge in [0.25, 0.3) is 0 Å². The number of carboxylic acid groups (broad SMARTS) is 1. The molecule has 0 spiro atoms. The SMILES string of the molecule is CSc1ccccc1CNC1(C(=O)O)Cc2ccccc2C1. The van der Waals surface area contributed by atoms with E-state index in [-0.39, 0.29) is 0 Å².